The van der Waals surface area contributed by atoms with Crippen LogP contribution in [0, 0.1) is 27.6 Å². The molecule has 1 aromatic carbocycles. The Balaban J connectivity index is 0.00000200. The number of hydrogen-bond acceptors (Lipinski definition) is 0. The third-order valence-corrected chi connectivity index (χ3v) is 38.2. The van der Waals surface area contributed by atoms with E-state index in [1.165, 1.54) is 50.5 Å². The van der Waals surface area contributed by atoms with Gasteiger partial charge in [-0.1, -0.05) is 0 Å². The van der Waals surface area contributed by atoms with E-state index >= 15 is 0 Å². The molecule has 7 rings (SSSR count). The van der Waals surface area contributed by atoms with Crippen molar-refractivity contribution in [2.45, 2.75) is 125 Å². The van der Waals surface area contributed by atoms with Gasteiger partial charge in [-0.05, 0) is 0 Å². The average molecular weight is 727 g/mol. The fourth-order valence-corrected chi connectivity index (χ4v) is 33.5. The predicted molar refractivity (Wildman–Crippen MR) is 200 cm³/mol. The van der Waals surface area contributed by atoms with Gasteiger partial charge in [-0.25, -0.2) is 0 Å². The van der Waals surface area contributed by atoms with Gasteiger partial charge in [0.1, 0.15) is 0 Å². The maximum absolute atomic E-state index is 5.94. The maximum atomic E-state index is 5.94. The summed E-state index contributed by atoms with van der Waals surface area (Å²) in [6.07, 6.45) is 24.2. The Hall–Kier alpha value is -0.747. The molecular formula is C42H60Cl2Zr. The van der Waals surface area contributed by atoms with Crippen molar-refractivity contribution in [3.8, 4) is 0 Å². The number of fused-ring (bicyclic) bond motifs is 6. The minimum atomic E-state index is -4.22. The van der Waals surface area contributed by atoms with E-state index in [0.29, 0.717) is 5.92 Å². The molecule has 246 valence electrons. The monoisotopic (exact) mass is 724 g/mol. The fourth-order valence-electron chi connectivity index (χ4n) is 13.0. The third-order valence-electron chi connectivity index (χ3n) is 17.0. The molecule has 0 bridgehead atoms. The minimum absolute atomic E-state index is 0. The zero-order valence-electron chi connectivity index (χ0n) is 29.7. The fraction of sp³-hybridized carbons (Fsp3) is 0.595. The second-order valence-electron chi connectivity index (χ2n) is 18.0. The van der Waals surface area contributed by atoms with Gasteiger partial charge in [0.05, 0.1) is 0 Å². The number of hydrogen-bond donors (Lipinski definition) is 0. The van der Waals surface area contributed by atoms with E-state index in [1.807, 2.05) is 5.57 Å². The zero-order valence-corrected chi connectivity index (χ0v) is 33.8. The van der Waals surface area contributed by atoms with Crippen molar-refractivity contribution in [1.29, 1.82) is 0 Å². The van der Waals surface area contributed by atoms with Crippen LogP contribution in [0.15, 0.2) is 74.6 Å². The van der Waals surface area contributed by atoms with Gasteiger partial charge in [0.2, 0.25) is 0 Å². The summed E-state index contributed by atoms with van der Waals surface area (Å²) in [6.45, 7) is 21.8. The van der Waals surface area contributed by atoms with Crippen molar-refractivity contribution >= 4 is 34.6 Å². The van der Waals surface area contributed by atoms with E-state index in [1.54, 1.807) is 25.6 Å². The van der Waals surface area contributed by atoms with Crippen molar-refractivity contribution in [1.82, 2.24) is 0 Å². The van der Waals surface area contributed by atoms with Crippen LogP contribution in [0.4, 0.5) is 0 Å². The molecular weight excluding hydrogens is 667 g/mol. The molecule has 2 saturated carbocycles. The van der Waals surface area contributed by atoms with Crippen LogP contribution in [0.2, 0.25) is 11.4 Å². The number of allylic oxidation sites excluding steroid dienone is 10. The molecule has 1 aromatic rings. The predicted octanol–water partition coefficient (Wildman–Crippen LogP) is 13.2. The van der Waals surface area contributed by atoms with Crippen molar-refractivity contribution < 1.29 is 18.3 Å². The second-order valence-corrected chi connectivity index (χ2v) is 34.5. The third kappa shape index (κ3) is 3.85. The van der Waals surface area contributed by atoms with Crippen LogP contribution >= 0.6 is 24.8 Å². The van der Waals surface area contributed by atoms with Gasteiger partial charge in [-0.3, -0.25) is 0 Å². The van der Waals surface area contributed by atoms with Gasteiger partial charge in [0.25, 0.3) is 0 Å². The Morgan fingerprint density at radius 3 is 2.11 bits per heavy atom. The Morgan fingerprint density at radius 1 is 0.800 bits per heavy atom. The summed E-state index contributed by atoms with van der Waals surface area (Å²) in [5, 5.41) is 0. The molecule has 0 aromatic heterocycles. The molecule has 3 heteroatoms. The SMILES string of the molecule is Cl.Cl.[CH2]=[Zr]([CH3])([C]1=CC=CC1)([CH]1CCCCC1)[C]1(C)C2=C3Cc4ccccc4C3=C3C=CCCC3C2(C)C(C)(C)C(C)(C)C1(C)C. The Labute approximate surface area is 288 Å². The molecule has 3 atom stereocenters. The summed E-state index contributed by atoms with van der Waals surface area (Å²) in [6, 6.07) is 9.44. The van der Waals surface area contributed by atoms with E-state index in [9.17, 15) is 0 Å². The van der Waals surface area contributed by atoms with Crippen molar-refractivity contribution in [3.05, 3.63) is 85.8 Å². The van der Waals surface area contributed by atoms with E-state index in [0.717, 1.165) is 16.5 Å². The van der Waals surface area contributed by atoms with Crippen molar-refractivity contribution in [3.63, 3.8) is 0 Å². The Bertz CT molecular complexity index is 1630. The molecule has 2 fully saturated rings. The van der Waals surface area contributed by atoms with Gasteiger partial charge >= 0.3 is 266 Å². The van der Waals surface area contributed by atoms with Crippen LogP contribution in [0.5, 0.6) is 0 Å². The van der Waals surface area contributed by atoms with Gasteiger partial charge in [-0.15, -0.1) is 24.8 Å². The van der Waals surface area contributed by atoms with E-state index in [-0.39, 0.29) is 49.6 Å². The van der Waals surface area contributed by atoms with Crippen molar-refractivity contribution in [2.75, 3.05) is 0 Å². The molecule has 6 aliphatic rings. The van der Waals surface area contributed by atoms with Gasteiger partial charge in [0.15, 0.2) is 0 Å². The first-order valence-electron chi connectivity index (χ1n) is 17.7. The molecule has 0 saturated heterocycles. The molecule has 0 heterocycles. The second kappa shape index (κ2) is 10.9. The normalized spacial score (nSPS) is 32.9. The van der Waals surface area contributed by atoms with E-state index in [2.05, 4.69) is 115 Å². The summed E-state index contributed by atoms with van der Waals surface area (Å²) in [5.74, 6) is 0.545. The molecule has 0 spiro atoms. The van der Waals surface area contributed by atoms with Gasteiger partial charge < -0.3 is 0 Å². The molecule has 6 aliphatic carbocycles. The van der Waals surface area contributed by atoms with Crippen molar-refractivity contribution in [2.24, 2.45) is 27.6 Å². The average Bonchev–Trinajstić information content (AvgIpc) is 3.66. The van der Waals surface area contributed by atoms with E-state index < -0.39 is 18.3 Å². The summed E-state index contributed by atoms with van der Waals surface area (Å²) in [4.78, 5) is 0. The first-order chi connectivity index (χ1) is 20.1. The molecule has 0 nitrogen and oxygen atoms in total. The van der Waals surface area contributed by atoms with Crippen LogP contribution in [0.1, 0.15) is 118 Å². The molecule has 45 heavy (non-hydrogen) atoms. The summed E-state index contributed by atoms with van der Waals surface area (Å²) < 4.78 is 11.4. The molecule has 0 aliphatic heterocycles. The number of benzene rings is 1. The Morgan fingerprint density at radius 2 is 1.47 bits per heavy atom. The van der Waals surface area contributed by atoms with E-state index in [4.69, 9.17) is 4.21 Å². The topological polar surface area (TPSA) is 0 Å². The Kier molecular flexibility index (Phi) is 8.60. The summed E-state index contributed by atoms with van der Waals surface area (Å²) in [7, 11) is 0. The standard InChI is InChI=1S/C29H37.C6H11.C5H5.CH3.CH2.2ClH.Zr/c1-18-25-22-17-19-13-9-10-14-20(19)24(22)21-15-11-12-16-23(21)29(25,8)28(6,7)27(4,5)26(18,2)3;1-2-4-6-5-3-1;1-2-4-5-3-1;;;;;/h9-11,13-15,23H,12,16-17H2,1-8H3;1H,2-6H2;1-3H,4H2;1H3;1H2;2*1H;. The number of rotatable bonds is 3. The molecule has 0 N–H and O–H groups in total. The zero-order chi connectivity index (χ0) is 30.9. The molecule has 0 amide bonds. The van der Waals surface area contributed by atoms with Crippen LogP contribution < -0.4 is 0 Å². The molecule has 0 radical (unpaired) electrons. The van der Waals surface area contributed by atoms with Crippen LogP contribution in [-0.2, 0) is 24.7 Å². The van der Waals surface area contributed by atoms with Crippen LogP contribution in [-0.4, -0.2) is 4.21 Å². The van der Waals surface area contributed by atoms with Gasteiger partial charge in [-0.2, -0.15) is 0 Å². The van der Waals surface area contributed by atoms with Crippen LogP contribution in [0.3, 0.4) is 0 Å². The van der Waals surface area contributed by atoms with Gasteiger partial charge in [0, 0.05) is 0 Å². The first-order valence-corrected chi connectivity index (χ1v) is 25.8. The van der Waals surface area contributed by atoms with Crippen LogP contribution in [0.25, 0.3) is 5.57 Å². The molecule has 3 unspecified atom stereocenters. The first kappa shape index (κ1) is 35.6. The summed E-state index contributed by atoms with van der Waals surface area (Å²) in [5.41, 5.74) is 10.3. The quantitative estimate of drug-likeness (QED) is 0.291. The number of halogens is 2. The summed E-state index contributed by atoms with van der Waals surface area (Å²) >= 11 is -4.22.